The third-order valence-electron chi connectivity index (χ3n) is 4.04. The molecule has 1 aromatic rings. The fourth-order valence-electron chi connectivity index (χ4n) is 3.23. The molecule has 1 aliphatic carbocycles. The molecule has 0 amide bonds. The van der Waals surface area contributed by atoms with Gasteiger partial charge >= 0.3 is 0 Å². The minimum atomic E-state index is 0.564. The molecule has 86 valence electrons. The predicted molar refractivity (Wildman–Crippen MR) is 66.8 cm³/mol. The van der Waals surface area contributed by atoms with Crippen molar-refractivity contribution in [2.75, 3.05) is 18.0 Å². The Morgan fingerprint density at radius 2 is 2.06 bits per heavy atom. The summed E-state index contributed by atoms with van der Waals surface area (Å²) in [6.07, 6.45) is 6.11. The summed E-state index contributed by atoms with van der Waals surface area (Å²) in [6, 6.07) is 4.06. The van der Waals surface area contributed by atoms with Crippen LogP contribution in [0.4, 0.5) is 5.82 Å². The Morgan fingerprint density at radius 1 is 1.31 bits per heavy atom. The number of hydrogen-bond donors (Lipinski definition) is 0. The number of anilines is 1. The van der Waals surface area contributed by atoms with Gasteiger partial charge in [-0.25, -0.2) is 4.98 Å². The summed E-state index contributed by atoms with van der Waals surface area (Å²) >= 11 is 5.96. The van der Waals surface area contributed by atoms with E-state index >= 15 is 0 Å². The lowest BCUT2D eigenvalue weighted by Gasteiger charge is -2.20. The van der Waals surface area contributed by atoms with E-state index in [0.717, 1.165) is 17.7 Å². The van der Waals surface area contributed by atoms with Gasteiger partial charge in [0.05, 0.1) is 5.88 Å². The van der Waals surface area contributed by atoms with E-state index < -0.39 is 0 Å². The fraction of sp³-hybridized carbons (Fsp3) is 0.615. The maximum atomic E-state index is 5.96. The number of nitrogens with zero attached hydrogens (tertiary/aromatic N) is 2. The summed E-state index contributed by atoms with van der Waals surface area (Å²) in [5.41, 5.74) is 1.17. The lowest BCUT2D eigenvalue weighted by Crippen LogP contribution is -2.23. The highest BCUT2D eigenvalue weighted by Crippen LogP contribution is 2.39. The summed E-state index contributed by atoms with van der Waals surface area (Å²) < 4.78 is 0. The van der Waals surface area contributed by atoms with Crippen molar-refractivity contribution in [1.29, 1.82) is 0 Å². The second-order valence-corrected chi connectivity index (χ2v) is 5.24. The molecule has 1 saturated carbocycles. The van der Waals surface area contributed by atoms with Gasteiger partial charge in [0.2, 0.25) is 0 Å². The van der Waals surface area contributed by atoms with Crippen molar-refractivity contribution in [3.63, 3.8) is 0 Å². The van der Waals surface area contributed by atoms with Crippen molar-refractivity contribution in [3.8, 4) is 0 Å². The van der Waals surface area contributed by atoms with Crippen LogP contribution in [0.15, 0.2) is 18.3 Å². The molecule has 0 bridgehead atoms. The monoisotopic (exact) mass is 236 g/mol. The first kappa shape index (κ1) is 10.4. The molecular weight excluding hydrogens is 220 g/mol. The molecule has 1 saturated heterocycles. The Balaban J connectivity index is 1.83. The highest BCUT2D eigenvalue weighted by molar-refractivity contribution is 6.17. The van der Waals surface area contributed by atoms with E-state index in [9.17, 15) is 0 Å². The Kier molecular flexibility index (Phi) is 2.76. The van der Waals surface area contributed by atoms with Gasteiger partial charge in [-0.1, -0.05) is 12.5 Å². The quantitative estimate of drug-likeness (QED) is 0.734. The normalized spacial score (nSPS) is 28.4. The van der Waals surface area contributed by atoms with Crippen LogP contribution in [0.3, 0.4) is 0 Å². The summed E-state index contributed by atoms with van der Waals surface area (Å²) in [5.74, 6) is 3.50. The van der Waals surface area contributed by atoms with E-state index in [-0.39, 0.29) is 0 Å². The Labute approximate surface area is 102 Å². The Hall–Kier alpha value is -0.760. The summed E-state index contributed by atoms with van der Waals surface area (Å²) in [7, 11) is 0. The lowest BCUT2D eigenvalue weighted by molar-refractivity contribution is 0.494. The van der Waals surface area contributed by atoms with E-state index in [2.05, 4.69) is 16.0 Å². The smallest absolute Gasteiger partial charge is 0.132 e. The maximum Gasteiger partial charge on any atom is 0.132 e. The molecule has 0 N–H and O–H groups in total. The molecule has 2 unspecified atom stereocenters. The highest BCUT2D eigenvalue weighted by Gasteiger charge is 2.36. The molecule has 2 atom stereocenters. The van der Waals surface area contributed by atoms with Crippen LogP contribution in [-0.2, 0) is 5.88 Å². The zero-order valence-corrected chi connectivity index (χ0v) is 10.2. The number of aromatic nitrogens is 1. The number of rotatable bonds is 2. The molecule has 2 fully saturated rings. The van der Waals surface area contributed by atoms with Crippen LogP contribution >= 0.6 is 11.6 Å². The third kappa shape index (κ3) is 1.69. The molecule has 1 aromatic heterocycles. The lowest BCUT2D eigenvalue weighted by atomic mass is 10.0. The zero-order valence-electron chi connectivity index (χ0n) is 9.40. The molecule has 0 radical (unpaired) electrons. The molecule has 0 spiro atoms. The van der Waals surface area contributed by atoms with Crippen LogP contribution in [0, 0.1) is 11.8 Å². The van der Waals surface area contributed by atoms with Crippen LogP contribution in [0.5, 0.6) is 0 Å². The van der Waals surface area contributed by atoms with E-state index in [1.54, 1.807) is 0 Å². The van der Waals surface area contributed by atoms with Gasteiger partial charge in [-0.15, -0.1) is 11.6 Å². The van der Waals surface area contributed by atoms with Crippen molar-refractivity contribution < 1.29 is 0 Å². The first-order valence-electron chi connectivity index (χ1n) is 6.13. The second kappa shape index (κ2) is 4.25. The number of hydrogen-bond acceptors (Lipinski definition) is 2. The second-order valence-electron chi connectivity index (χ2n) is 4.98. The van der Waals surface area contributed by atoms with Gasteiger partial charge in [-0.3, -0.25) is 0 Å². The van der Waals surface area contributed by atoms with Crippen LogP contribution in [0.2, 0.25) is 0 Å². The molecule has 2 nitrogen and oxygen atoms in total. The van der Waals surface area contributed by atoms with Gasteiger partial charge in [-0.05, 0) is 30.7 Å². The summed E-state index contributed by atoms with van der Waals surface area (Å²) in [6.45, 7) is 2.37. The zero-order chi connectivity index (χ0) is 11.0. The minimum absolute atomic E-state index is 0.564. The van der Waals surface area contributed by atoms with Crippen molar-refractivity contribution in [1.82, 2.24) is 4.98 Å². The van der Waals surface area contributed by atoms with E-state index in [4.69, 9.17) is 11.6 Å². The SMILES string of the molecule is ClCc1cccnc1N1CC2CCCC2C1. The van der Waals surface area contributed by atoms with Crippen LogP contribution in [0.1, 0.15) is 24.8 Å². The number of halogens is 1. The van der Waals surface area contributed by atoms with E-state index in [0.29, 0.717) is 5.88 Å². The molecule has 3 rings (SSSR count). The van der Waals surface area contributed by atoms with Gasteiger partial charge in [0, 0.05) is 24.8 Å². The van der Waals surface area contributed by atoms with Crippen molar-refractivity contribution in [2.24, 2.45) is 11.8 Å². The first-order chi connectivity index (χ1) is 7.88. The van der Waals surface area contributed by atoms with Crippen LogP contribution < -0.4 is 4.90 Å². The van der Waals surface area contributed by atoms with Crippen LogP contribution in [0.25, 0.3) is 0 Å². The fourth-order valence-corrected chi connectivity index (χ4v) is 3.44. The molecule has 0 aromatic carbocycles. The largest absolute Gasteiger partial charge is 0.356 e. The van der Waals surface area contributed by atoms with E-state index in [1.807, 2.05) is 12.3 Å². The van der Waals surface area contributed by atoms with Gasteiger partial charge in [-0.2, -0.15) is 0 Å². The maximum absolute atomic E-state index is 5.96. The highest BCUT2D eigenvalue weighted by atomic mass is 35.5. The average molecular weight is 237 g/mol. The van der Waals surface area contributed by atoms with Crippen molar-refractivity contribution in [3.05, 3.63) is 23.9 Å². The molecular formula is C13H17ClN2. The third-order valence-corrected chi connectivity index (χ3v) is 4.33. The van der Waals surface area contributed by atoms with Crippen molar-refractivity contribution >= 4 is 17.4 Å². The summed E-state index contributed by atoms with van der Waals surface area (Å²) in [5, 5.41) is 0. The van der Waals surface area contributed by atoms with Gasteiger partial charge < -0.3 is 4.90 Å². The van der Waals surface area contributed by atoms with Crippen LogP contribution in [-0.4, -0.2) is 18.1 Å². The molecule has 16 heavy (non-hydrogen) atoms. The molecule has 1 aliphatic heterocycles. The molecule has 3 heteroatoms. The van der Waals surface area contributed by atoms with Gasteiger partial charge in [0.1, 0.15) is 5.82 Å². The van der Waals surface area contributed by atoms with E-state index in [1.165, 1.54) is 37.9 Å². The first-order valence-corrected chi connectivity index (χ1v) is 6.66. The Bertz CT molecular complexity index is 368. The Morgan fingerprint density at radius 3 is 2.75 bits per heavy atom. The standard InChI is InChI=1S/C13H17ClN2/c14-7-10-5-2-6-15-13(10)16-8-11-3-1-4-12(11)9-16/h2,5-6,11-12H,1,3-4,7-9H2. The average Bonchev–Trinajstić information content (AvgIpc) is 2.89. The van der Waals surface area contributed by atoms with Crippen molar-refractivity contribution in [2.45, 2.75) is 25.1 Å². The summed E-state index contributed by atoms with van der Waals surface area (Å²) in [4.78, 5) is 6.94. The number of alkyl halides is 1. The molecule has 2 heterocycles. The topological polar surface area (TPSA) is 16.1 Å². The number of pyridine rings is 1. The number of fused-ring (bicyclic) bond motifs is 1. The molecule has 2 aliphatic rings. The van der Waals surface area contributed by atoms with Gasteiger partial charge in [0.15, 0.2) is 0 Å². The predicted octanol–water partition coefficient (Wildman–Crippen LogP) is 3.06. The minimum Gasteiger partial charge on any atom is -0.356 e. The van der Waals surface area contributed by atoms with Gasteiger partial charge in [0.25, 0.3) is 0 Å².